The average Bonchev–Trinajstić information content (AvgIpc) is 2.46. The first-order valence-electron chi connectivity index (χ1n) is 8.44. The molecule has 1 saturated heterocycles. The smallest absolute Gasteiger partial charge is 0.223 e. The molecule has 2 fully saturated rings. The van der Waals surface area contributed by atoms with Crippen LogP contribution in [0.4, 0.5) is 0 Å². The lowest BCUT2D eigenvalue weighted by atomic mass is 9.86. The summed E-state index contributed by atoms with van der Waals surface area (Å²) in [4.78, 5) is 14.6. The molecule has 2 rings (SSSR count). The van der Waals surface area contributed by atoms with Crippen LogP contribution < -0.4 is 11.1 Å². The summed E-state index contributed by atoms with van der Waals surface area (Å²) >= 11 is 0. The molecule has 0 aromatic carbocycles. The van der Waals surface area contributed by atoms with Gasteiger partial charge in [-0.2, -0.15) is 0 Å². The molecule has 1 aliphatic carbocycles. The standard InChI is InChI=1S/C16H31N3O/c1-13-5-2-3-11-19(13)12-4-10-18-16(20)14-6-8-15(17)9-7-14/h13-15H,2-12,17H2,1H3,(H,18,20). The lowest BCUT2D eigenvalue weighted by Gasteiger charge is -2.33. The minimum absolute atomic E-state index is 0.212. The maximum absolute atomic E-state index is 12.1. The molecular weight excluding hydrogens is 250 g/mol. The number of nitrogens with two attached hydrogens (primary N) is 1. The van der Waals surface area contributed by atoms with E-state index >= 15 is 0 Å². The van der Waals surface area contributed by atoms with Gasteiger partial charge in [-0.15, -0.1) is 0 Å². The molecule has 0 aromatic rings. The maximum Gasteiger partial charge on any atom is 0.223 e. The van der Waals surface area contributed by atoms with Crippen molar-refractivity contribution < 1.29 is 4.79 Å². The Hall–Kier alpha value is -0.610. The molecule has 20 heavy (non-hydrogen) atoms. The summed E-state index contributed by atoms with van der Waals surface area (Å²) in [5.74, 6) is 0.465. The third kappa shape index (κ3) is 4.74. The van der Waals surface area contributed by atoms with Crippen LogP contribution in [0.3, 0.4) is 0 Å². The largest absolute Gasteiger partial charge is 0.356 e. The van der Waals surface area contributed by atoms with Crippen molar-refractivity contribution in [3.63, 3.8) is 0 Å². The van der Waals surface area contributed by atoms with Gasteiger partial charge in [-0.1, -0.05) is 6.42 Å². The van der Waals surface area contributed by atoms with Gasteiger partial charge in [0, 0.05) is 31.1 Å². The molecular formula is C16H31N3O. The normalized spacial score (nSPS) is 32.0. The highest BCUT2D eigenvalue weighted by Gasteiger charge is 2.24. The molecule has 1 aliphatic heterocycles. The van der Waals surface area contributed by atoms with Crippen molar-refractivity contribution in [3.05, 3.63) is 0 Å². The van der Waals surface area contributed by atoms with Crippen molar-refractivity contribution in [3.8, 4) is 0 Å². The highest BCUT2D eigenvalue weighted by molar-refractivity contribution is 5.78. The zero-order valence-electron chi connectivity index (χ0n) is 12.9. The van der Waals surface area contributed by atoms with Crippen LogP contribution >= 0.6 is 0 Å². The monoisotopic (exact) mass is 281 g/mol. The molecule has 1 heterocycles. The van der Waals surface area contributed by atoms with Crippen LogP contribution in [-0.2, 0) is 4.79 Å². The van der Waals surface area contributed by atoms with Crippen molar-refractivity contribution in [1.82, 2.24) is 10.2 Å². The number of amides is 1. The Morgan fingerprint density at radius 1 is 1.20 bits per heavy atom. The Balaban J connectivity index is 1.57. The zero-order chi connectivity index (χ0) is 14.4. The van der Waals surface area contributed by atoms with E-state index in [1.165, 1.54) is 25.8 Å². The summed E-state index contributed by atoms with van der Waals surface area (Å²) < 4.78 is 0. The highest BCUT2D eigenvalue weighted by atomic mass is 16.1. The van der Waals surface area contributed by atoms with Crippen LogP contribution in [0.5, 0.6) is 0 Å². The second kappa shape index (κ2) is 7.99. The Morgan fingerprint density at radius 3 is 2.65 bits per heavy atom. The fourth-order valence-electron chi connectivity index (χ4n) is 3.51. The van der Waals surface area contributed by atoms with Crippen LogP contribution in [0.15, 0.2) is 0 Å². The van der Waals surface area contributed by atoms with Gasteiger partial charge in [0.15, 0.2) is 0 Å². The first kappa shape index (κ1) is 15.8. The van der Waals surface area contributed by atoms with Gasteiger partial charge in [0.05, 0.1) is 0 Å². The predicted molar refractivity (Wildman–Crippen MR) is 82.4 cm³/mol. The summed E-state index contributed by atoms with van der Waals surface area (Å²) in [6.07, 6.45) is 9.05. The van der Waals surface area contributed by atoms with Crippen LogP contribution in [0.1, 0.15) is 58.3 Å². The molecule has 0 aromatic heterocycles. The van der Waals surface area contributed by atoms with E-state index in [2.05, 4.69) is 17.1 Å². The molecule has 0 radical (unpaired) electrons. The number of carbonyl (C=O) groups is 1. The number of hydrogen-bond acceptors (Lipinski definition) is 3. The lowest BCUT2D eigenvalue weighted by molar-refractivity contribution is -0.126. The van der Waals surface area contributed by atoms with E-state index in [-0.39, 0.29) is 11.8 Å². The summed E-state index contributed by atoms with van der Waals surface area (Å²) in [5.41, 5.74) is 5.88. The Kier molecular flexibility index (Phi) is 6.30. The summed E-state index contributed by atoms with van der Waals surface area (Å²) in [5, 5.41) is 3.12. The van der Waals surface area contributed by atoms with Gasteiger partial charge in [-0.25, -0.2) is 0 Å². The van der Waals surface area contributed by atoms with E-state index in [4.69, 9.17) is 5.73 Å². The van der Waals surface area contributed by atoms with E-state index < -0.39 is 0 Å². The first-order chi connectivity index (χ1) is 9.66. The second-order valence-electron chi connectivity index (χ2n) is 6.64. The minimum Gasteiger partial charge on any atom is -0.356 e. The fraction of sp³-hybridized carbons (Fsp3) is 0.938. The van der Waals surface area contributed by atoms with E-state index in [0.717, 1.165) is 51.2 Å². The third-order valence-corrected chi connectivity index (χ3v) is 5.00. The third-order valence-electron chi connectivity index (χ3n) is 5.00. The van der Waals surface area contributed by atoms with Crippen LogP contribution in [0, 0.1) is 5.92 Å². The quantitative estimate of drug-likeness (QED) is 0.757. The molecule has 1 atom stereocenters. The fourth-order valence-corrected chi connectivity index (χ4v) is 3.51. The molecule has 1 amide bonds. The molecule has 4 nitrogen and oxygen atoms in total. The van der Waals surface area contributed by atoms with Gasteiger partial charge in [0.2, 0.25) is 5.91 Å². The Morgan fingerprint density at radius 2 is 1.95 bits per heavy atom. The van der Waals surface area contributed by atoms with E-state index in [1.54, 1.807) is 0 Å². The van der Waals surface area contributed by atoms with Gasteiger partial charge in [-0.3, -0.25) is 4.79 Å². The molecule has 1 unspecified atom stereocenters. The lowest BCUT2D eigenvalue weighted by Crippen LogP contribution is -2.40. The number of carbonyl (C=O) groups excluding carboxylic acids is 1. The minimum atomic E-state index is 0.212. The number of nitrogens with one attached hydrogen (secondary N) is 1. The first-order valence-corrected chi connectivity index (χ1v) is 8.44. The van der Waals surface area contributed by atoms with Gasteiger partial charge in [-0.05, 0) is 58.4 Å². The molecule has 2 aliphatic rings. The van der Waals surface area contributed by atoms with E-state index in [1.807, 2.05) is 0 Å². The number of likely N-dealkylation sites (tertiary alicyclic amines) is 1. The molecule has 0 spiro atoms. The van der Waals surface area contributed by atoms with E-state index in [0.29, 0.717) is 6.04 Å². The Bertz CT molecular complexity index is 300. The van der Waals surface area contributed by atoms with Crippen LogP contribution in [-0.4, -0.2) is 42.5 Å². The second-order valence-corrected chi connectivity index (χ2v) is 6.64. The summed E-state index contributed by atoms with van der Waals surface area (Å²) in [6, 6.07) is 1.04. The molecule has 116 valence electrons. The number of nitrogens with zero attached hydrogens (tertiary/aromatic N) is 1. The molecule has 4 heteroatoms. The van der Waals surface area contributed by atoms with Crippen molar-refractivity contribution in [1.29, 1.82) is 0 Å². The van der Waals surface area contributed by atoms with Crippen molar-refractivity contribution in [2.75, 3.05) is 19.6 Å². The van der Waals surface area contributed by atoms with Gasteiger partial charge >= 0.3 is 0 Å². The number of piperidine rings is 1. The molecule has 1 saturated carbocycles. The SMILES string of the molecule is CC1CCCCN1CCCNC(=O)C1CCC(N)CC1. The summed E-state index contributed by atoms with van der Waals surface area (Å²) in [6.45, 7) is 5.50. The van der Waals surface area contributed by atoms with Gasteiger partial charge in [0.1, 0.15) is 0 Å². The van der Waals surface area contributed by atoms with E-state index in [9.17, 15) is 4.79 Å². The Labute approximate surface area is 123 Å². The molecule has 3 N–H and O–H groups in total. The topological polar surface area (TPSA) is 58.4 Å². The van der Waals surface area contributed by atoms with Crippen LogP contribution in [0.25, 0.3) is 0 Å². The number of rotatable bonds is 5. The maximum atomic E-state index is 12.1. The van der Waals surface area contributed by atoms with Crippen molar-refractivity contribution in [2.45, 2.75) is 70.4 Å². The van der Waals surface area contributed by atoms with Crippen molar-refractivity contribution in [2.24, 2.45) is 11.7 Å². The van der Waals surface area contributed by atoms with Gasteiger partial charge < -0.3 is 16.0 Å². The van der Waals surface area contributed by atoms with Gasteiger partial charge in [0.25, 0.3) is 0 Å². The highest BCUT2D eigenvalue weighted by Crippen LogP contribution is 2.23. The average molecular weight is 281 g/mol. The predicted octanol–water partition coefficient (Wildman–Crippen LogP) is 1.88. The van der Waals surface area contributed by atoms with Crippen LogP contribution in [0.2, 0.25) is 0 Å². The summed E-state index contributed by atoms with van der Waals surface area (Å²) in [7, 11) is 0. The molecule has 0 bridgehead atoms. The van der Waals surface area contributed by atoms with Crippen molar-refractivity contribution >= 4 is 5.91 Å². The zero-order valence-corrected chi connectivity index (χ0v) is 12.9. The number of hydrogen-bond donors (Lipinski definition) is 2.